The molecule has 0 fully saturated rings. The van der Waals surface area contributed by atoms with Gasteiger partial charge in [0, 0.05) is 13.0 Å². The minimum Gasteiger partial charge on any atom is -0.497 e. The zero-order valence-corrected chi connectivity index (χ0v) is 9.31. The number of aliphatic hydroxyl groups excluding tert-OH is 1. The summed E-state index contributed by atoms with van der Waals surface area (Å²) in [4.78, 5) is 11.3. The van der Waals surface area contributed by atoms with E-state index in [9.17, 15) is 4.79 Å². The third kappa shape index (κ3) is 4.31. The van der Waals surface area contributed by atoms with E-state index in [1.807, 2.05) is 12.1 Å². The summed E-state index contributed by atoms with van der Waals surface area (Å²) in [5.74, 6) is 0.482. The van der Waals surface area contributed by atoms with Gasteiger partial charge < -0.3 is 14.6 Å². The molecule has 0 bridgehead atoms. The van der Waals surface area contributed by atoms with E-state index in [1.54, 1.807) is 19.2 Å². The Morgan fingerprint density at radius 2 is 2.00 bits per heavy atom. The lowest BCUT2D eigenvalue weighted by Crippen LogP contribution is -2.09. The van der Waals surface area contributed by atoms with E-state index in [1.165, 1.54) is 0 Å². The van der Waals surface area contributed by atoms with E-state index in [-0.39, 0.29) is 25.6 Å². The lowest BCUT2D eigenvalue weighted by atomic mass is 10.1. The van der Waals surface area contributed by atoms with Gasteiger partial charge in [-0.25, -0.2) is 0 Å². The highest BCUT2D eigenvalue weighted by atomic mass is 16.5. The molecule has 0 aromatic heterocycles. The molecule has 0 radical (unpaired) electrons. The molecule has 0 unspecified atom stereocenters. The summed E-state index contributed by atoms with van der Waals surface area (Å²) < 4.78 is 9.92. The lowest BCUT2D eigenvalue weighted by molar-refractivity contribution is -0.143. The Morgan fingerprint density at radius 3 is 2.56 bits per heavy atom. The van der Waals surface area contributed by atoms with Crippen LogP contribution in [0.15, 0.2) is 24.3 Å². The Bertz CT molecular complexity index is 318. The van der Waals surface area contributed by atoms with Crippen molar-refractivity contribution < 1.29 is 19.4 Å². The first-order chi connectivity index (χ1) is 7.76. The summed E-state index contributed by atoms with van der Waals surface area (Å²) in [6.45, 7) is 0.307. The molecule has 0 amide bonds. The summed E-state index contributed by atoms with van der Waals surface area (Å²) >= 11 is 0. The second-order valence-corrected chi connectivity index (χ2v) is 3.32. The molecule has 0 aliphatic heterocycles. The van der Waals surface area contributed by atoms with Crippen LogP contribution in [0.25, 0.3) is 0 Å². The molecular formula is C12H16O4. The van der Waals surface area contributed by atoms with Crippen LogP contribution in [0.4, 0.5) is 0 Å². The molecule has 1 N–H and O–H groups in total. The van der Waals surface area contributed by atoms with Crippen molar-refractivity contribution >= 4 is 5.97 Å². The van der Waals surface area contributed by atoms with Gasteiger partial charge in [0.25, 0.3) is 0 Å². The normalized spacial score (nSPS) is 9.88. The van der Waals surface area contributed by atoms with Crippen molar-refractivity contribution in [1.82, 2.24) is 0 Å². The molecule has 0 saturated heterocycles. The number of carbonyl (C=O) groups is 1. The largest absolute Gasteiger partial charge is 0.497 e. The number of hydrogen-bond acceptors (Lipinski definition) is 4. The minimum atomic E-state index is -0.279. The van der Waals surface area contributed by atoms with Gasteiger partial charge >= 0.3 is 5.97 Å². The topological polar surface area (TPSA) is 55.8 Å². The smallest absolute Gasteiger partial charge is 0.310 e. The quantitative estimate of drug-likeness (QED) is 0.582. The third-order valence-corrected chi connectivity index (χ3v) is 2.07. The molecule has 0 spiro atoms. The van der Waals surface area contributed by atoms with Gasteiger partial charge in [-0.15, -0.1) is 0 Å². The van der Waals surface area contributed by atoms with E-state index in [2.05, 4.69) is 0 Å². The van der Waals surface area contributed by atoms with Gasteiger partial charge in [0.15, 0.2) is 0 Å². The maximum atomic E-state index is 11.3. The fraction of sp³-hybridized carbons (Fsp3) is 0.417. The molecule has 16 heavy (non-hydrogen) atoms. The highest BCUT2D eigenvalue weighted by molar-refractivity contribution is 5.72. The van der Waals surface area contributed by atoms with E-state index < -0.39 is 0 Å². The average Bonchev–Trinajstić information content (AvgIpc) is 2.30. The van der Waals surface area contributed by atoms with E-state index in [0.29, 0.717) is 6.42 Å². The van der Waals surface area contributed by atoms with Gasteiger partial charge in [0.2, 0.25) is 0 Å². The summed E-state index contributed by atoms with van der Waals surface area (Å²) in [5.41, 5.74) is 0.884. The fourth-order valence-electron chi connectivity index (χ4n) is 1.21. The van der Waals surface area contributed by atoms with Crippen LogP contribution in [-0.4, -0.2) is 31.4 Å². The average molecular weight is 224 g/mol. The molecule has 1 rings (SSSR count). The van der Waals surface area contributed by atoms with Crippen LogP contribution in [-0.2, 0) is 16.0 Å². The first-order valence-corrected chi connectivity index (χ1v) is 5.15. The predicted octanol–water partition coefficient (Wildman–Crippen LogP) is 1.16. The number of aliphatic hydroxyl groups is 1. The Kier molecular flexibility index (Phi) is 5.36. The summed E-state index contributed by atoms with van der Waals surface area (Å²) in [6.07, 6.45) is 0.726. The molecule has 0 aliphatic carbocycles. The molecule has 88 valence electrons. The van der Waals surface area contributed by atoms with E-state index >= 15 is 0 Å². The van der Waals surface area contributed by atoms with Crippen molar-refractivity contribution in [2.24, 2.45) is 0 Å². The number of ether oxygens (including phenoxy) is 2. The Labute approximate surface area is 94.8 Å². The van der Waals surface area contributed by atoms with Crippen LogP contribution in [0.5, 0.6) is 5.75 Å². The minimum absolute atomic E-state index is 0.0375. The molecule has 0 atom stereocenters. The molecule has 0 aliphatic rings. The van der Waals surface area contributed by atoms with Gasteiger partial charge in [-0.05, 0) is 17.7 Å². The fourth-order valence-corrected chi connectivity index (χ4v) is 1.21. The summed E-state index contributed by atoms with van der Waals surface area (Å²) in [7, 11) is 1.60. The van der Waals surface area contributed by atoms with Crippen LogP contribution in [0.2, 0.25) is 0 Å². The number of benzene rings is 1. The van der Waals surface area contributed by atoms with Crippen LogP contribution < -0.4 is 4.74 Å². The van der Waals surface area contributed by atoms with Gasteiger partial charge in [-0.3, -0.25) is 4.79 Å². The predicted molar refractivity (Wildman–Crippen MR) is 59.4 cm³/mol. The summed E-state index contributed by atoms with van der Waals surface area (Å²) in [6, 6.07) is 7.25. The van der Waals surface area contributed by atoms with Crippen molar-refractivity contribution in [3.8, 4) is 5.75 Å². The maximum Gasteiger partial charge on any atom is 0.310 e. The molecule has 4 heteroatoms. The maximum absolute atomic E-state index is 11.3. The van der Waals surface area contributed by atoms with Crippen LogP contribution in [0.3, 0.4) is 0 Å². The molecule has 1 aromatic carbocycles. The number of hydrogen-bond donors (Lipinski definition) is 1. The molecule has 0 heterocycles. The summed E-state index contributed by atoms with van der Waals surface area (Å²) in [5, 5.41) is 8.52. The molecule has 4 nitrogen and oxygen atoms in total. The van der Waals surface area contributed by atoms with Crippen LogP contribution in [0, 0.1) is 0 Å². The van der Waals surface area contributed by atoms with Crippen LogP contribution >= 0.6 is 0 Å². The first kappa shape index (κ1) is 12.5. The zero-order valence-electron chi connectivity index (χ0n) is 9.31. The van der Waals surface area contributed by atoms with Crippen molar-refractivity contribution in [2.45, 2.75) is 12.8 Å². The van der Waals surface area contributed by atoms with Gasteiger partial charge in [-0.2, -0.15) is 0 Å². The Balaban J connectivity index is 2.37. The van der Waals surface area contributed by atoms with Gasteiger partial charge in [0.05, 0.1) is 20.1 Å². The van der Waals surface area contributed by atoms with Crippen molar-refractivity contribution in [1.29, 1.82) is 0 Å². The SMILES string of the molecule is COc1ccc(CC(=O)OCCCO)cc1. The number of methoxy groups -OCH3 is 1. The Hall–Kier alpha value is -1.55. The van der Waals surface area contributed by atoms with Crippen molar-refractivity contribution in [3.63, 3.8) is 0 Å². The first-order valence-electron chi connectivity index (χ1n) is 5.15. The lowest BCUT2D eigenvalue weighted by Gasteiger charge is -2.04. The second-order valence-electron chi connectivity index (χ2n) is 3.32. The Morgan fingerprint density at radius 1 is 1.31 bits per heavy atom. The van der Waals surface area contributed by atoms with Crippen molar-refractivity contribution in [3.05, 3.63) is 29.8 Å². The standard InChI is InChI=1S/C12H16O4/c1-15-11-5-3-10(4-6-11)9-12(14)16-8-2-7-13/h3-6,13H,2,7-9H2,1H3. The molecular weight excluding hydrogens is 208 g/mol. The van der Waals surface area contributed by atoms with Gasteiger partial charge in [0.1, 0.15) is 5.75 Å². The molecule has 0 saturated carbocycles. The van der Waals surface area contributed by atoms with E-state index in [0.717, 1.165) is 11.3 Å². The number of carbonyl (C=O) groups excluding carboxylic acids is 1. The van der Waals surface area contributed by atoms with Crippen LogP contribution in [0.1, 0.15) is 12.0 Å². The second kappa shape index (κ2) is 6.85. The highest BCUT2D eigenvalue weighted by Gasteiger charge is 2.04. The zero-order chi connectivity index (χ0) is 11.8. The third-order valence-electron chi connectivity index (χ3n) is 2.07. The van der Waals surface area contributed by atoms with E-state index in [4.69, 9.17) is 14.6 Å². The number of esters is 1. The van der Waals surface area contributed by atoms with Crippen molar-refractivity contribution in [2.75, 3.05) is 20.3 Å². The number of rotatable bonds is 6. The molecule has 1 aromatic rings. The monoisotopic (exact) mass is 224 g/mol. The van der Waals surface area contributed by atoms with Gasteiger partial charge in [-0.1, -0.05) is 12.1 Å². The highest BCUT2D eigenvalue weighted by Crippen LogP contribution is 2.11.